The number of rotatable bonds is 7. The van der Waals surface area contributed by atoms with Crippen molar-refractivity contribution < 1.29 is 19.0 Å². The van der Waals surface area contributed by atoms with E-state index in [4.69, 9.17) is 25.8 Å². The van der Waals surface area contributed by atoms with Crippen molar-refractivity contribution in [2.75, 3.05) is 52.3 Å². The molecule has 0 N–H and O–H groups in total. The van der Waals surface area contributed by atoms with Crippen molar-refractivity contribution in [3.8, 4) is 11.5 Å². The summed E-state index contributed by atoms with van der Waals surface area (Å²) in [5.41, 5.74) is 2.12. The lowest BCUT2D eigenvalue weighted by Crippen LogP contribution is -2.46. The fourth-order valence-electron chi connectivity index (χ4n) is 3.34. The molecular weight excluding hydrogens is 406 g/mol. The number of hydrogen-bond donors (Lipinski definition) is 0. The van der Waals surface area contributed by atoms with Crippen molar-refractivity contribution >= 4 is 23.4 Å². The topological polar surface area (TPSA) is 54.5 Å². The Balaban J connectivity index is 1.58. The van der Waals surface area contributed by atoms with Gasteiger partial charge in [0.1, 0.15) is 11.5 Å². The van der Waals surface area contributed by atoms with Crippen molar-refractivity contribution in [3.63, 3.8) is 0 Å². The molecule has 0 aromatic heterocycles. The van der Waals surface area contributed by atoms with Crippen LogP contribution >= 0.6 is 11.6 Å². The molecule has 1 heterocycles. The smallest absolute Gasteiger partial charge is 0.413 e. The minimum absolute atomic E-state index is 0.556. The second-order valence-electron chi connectivity index (χ2n) is 7.21. The van der Waals surface area contributed by atoms with E-state index in [1.54, 1.807) is 21.2 Å². The minimum Gasteiger partial charge on any atom is -0.495 e. The van der Waals surface area contributed by atoms with Crippen molar-refractivity contribution in [1.82, 2.24) is 9.80 Å². The first kappa shape index (κ1) is 22.1. The van der Waals surface area contributed by atoms with Gasteiger partial charge in [-0.25, -0.2) is 4.79 Å². The van der Waals surface area contributed by atoms with Gasteiger partial charge in [0, 0.05) is 52.4 Å². The SMILES string of the molecule is COc1ccccc1N1CCN(Cc2ccccc2OC(Cl)OC(=O)N(C)C)CC1. The van der Waals surface area contributed by atoms with Gasteiger partial charge < -0.3 is 24.0 Å². The molecule has 2 aromatic rings. The summed E-state index contributed by atoms with van der Waals surface area (Å²) >= 11 is 6.06. The number of benzene rings is 2. The van der Waals surface area contributed by atoms with Gasteiger partial charge in [-0.2, -0.15) is 0 Å². The molecule has 1 amide bonds. The lowest BCUT2D eigenvalue weighted by molar-refractivity contribution is 0.0124. The van der Waals surface area contributed by atoms with E-state index in [1.165, 1.54) is 4.90 Å². The molecule has 3 rings (SSSR count). The van der Waals surface area contributed by atoms with Crippen molar-refractivity contribution in [1.29, 1.82) is 0 Å². The van der Waals surface area contributed by atoms with Crippen LogP contribution < -0.4 is 14.4 Å². The van der Waals surface area contributed by atoms with Gasteiger partial charge in [-0.05, 0) is 29.8 Å². The Kier molecular flexibility index (Phi) is 7.65. The fraction of sp³-hybridized carbons (Fsp3) is 0.409. The van der Waals surface area contributed by atoms with E-state index in [9.17, 15) is 4.79 Å². The Labute approximate surface area is 182 Å². The second kappa shape index (κ2) is 10.4. The number of alkyl halides is 1. The van der Waals surface area contributed by atoms with Crippen molar-refractivity contribution in [2.24, 2.45) is 0 Å². The average molecular weight is 434 g/mol. The van der Waals surface area contributed by atoms with Gasteiger partial charge >= 0.3 is 11.8 Å². The van der Waals surface area contributed by atoms with Crippen LogP contribution in [0.3, 0.4) is 0 Å². The number of hydrogen-bond acceptors (Lipinski definition) is 6. The van der Waals surface area contributed by atoms with E-state index in [-0.39, 0.29) is 0 Å². The van der Waals surface area contributed by atoms with Gasteiger partial charge in [-0.15, -0.1) is 0 Å². The van der Waals surface area contributed by atoms with Gasteiger partial charge in [0.25, 0.3) is 0 Å². The van der Waals surface area contributed by atoms with Crippen molar-refractivity contribution in [3.05, 3.63) is 54.1 Å². The molecule has 1 fully saturated rings. The molecule has 0 bridgehead atoms. The molecule has 2 aromatic carbocycles. The highest BCUT2D eigenvalue weighted by atomic mass is 35.5. The number of anilines is 1. The minimum atomic E-state index is -1.19. The zero-order valence-corrected chi connectivity index (χ0v) is 18.3. The molecule has 0 spiro atoms. The van der Waals surface area contributed by atoms with Crippen LogP contribution in [0.1, 0.15) is 5.56 Å². The Morgan fingerprint density at radius 3 is 2.33 bits per heavy atom. The summed E-state index contributed by atoms with van der Waals surface area (Å²) in [6, 6.07) is 15.8. The number of para-hydroxylation sites is 3. The lowest BCUT2D eigenvalue weighted by Gasteiger charge is -2.36. The van der Waals surface area contributed by atoms with Gasteiger partial charge in [-0.1, -0.05) is 30.3 Å². The molecule has 1 unspecified atom stereocenters. The number of halogens is 1. The first-order valence-corrected chi connectivity index (χ1v) is 10.3. The molecule has 1 atom stereocenters. The normalized spacial score (nSPS) is 15.4. The van der Waals surface area contributed by atoms with Gasteiger partial charge in [0.05, 0.1) is 12.8 Å². The summed E-state index contributed by atoms with van der Waals surface area (Å²) < 4.78 is 16.2. The maximum atomic E-state index is 11.7. The van der Waals surface area contributed by atoms with Crippen LogP contribution in [-0.2, 0) is 11.3 Å². The highest BCUT2D eigenvalue weighted by Crippen LogP contribution is 2.29. The Morgan fingerprint density at radius 2 is 1.67 bits per heavy atom. The van der Waals surface area contributed by atoms with Crippen LogP contribution in [0.2, 0.25) is 0 Å². The number of piperazine rings is 1. The van der Waals surface area contributed by atoms with Crippen LogP contribution in [-0.4, -0.2) is 69.0 Å². The quantitative estimate of drug-likeness (QED) is 0.491. The van der Waals surface area contributed by atoms with Crippen LogP contribution in [0.5, 0.6) is 11.5 Å². The van der Waals surface area contributed by atoms with Crippen LogP contribution in [0.4, 0.5) is 10.5 Å². The summed E-state index contributed by atoms with van der Waals surface area (Å²) in [5.74, 6) is 0.310. The predicted molar refractivity (Wildman–Crippen MR) is 117 cm³/mol. The largest absolute Gasteiger partial charge is 0.495 e. The van der Waals surface area contributed by atoms with Crippen molar-refractivity contribution in [2.45, 2.75) is 12.3 Å². The molecule has 1 aliphatic rings. The summed E-state index contributed by atoms with van der Waals surface area (Å²) in [5, 5.41) is 0. The monoisotopic (exact) mass is 433 g/mol. The lowest BCUT2D eigenvalue weighted by atomic mass is 10.1. The molecular formula is C22H28ClN3O4. The molecule has 1 aliphatic heterocycles. The zero-order valence-electron chi connectivity index (χ0n) is 17.6. The highest BCUT2D eigenvalue weighted by Gasteiger charge is 2.21. The standard InChI is InChI=1S/C22H28ClN3O4/c1-24(2)22(27)30-21(23)29-19-10-6-4-8-17(19)16-25-12-14-26(15-13-25)18-9-5-7-11-20(18)28-3/h4-11,21H,12-16H2,1-3H3. The van der Waals surface area contributed by atoms with E-state index in [0.717, 1.165) is 49.7 Å². The molecule has 162 valence electrons. The van der Waals surface area contributed by atoms with E-state index >= 15 is 0 Å². The molecule has 0 aliphatic carbocycles. The molecule has 8 heteroatoms. The van der Waals surface area contributed by atoms with Gasteiger partial charge in [0.2, 0.25) is 0 Å². The molecule has 0 saturated carbocycles. The number of carbonyl (C=O) groups excluding carboxylic acids is 1. The van der Waals surface area contributed by atoms with Crippen LogP contribution in [0.25, 0.3) is 0 Å². The zero-order chi connectivity index (χ0) is 21.5. The summed E-state index contributed by atoms with van der Waals surface area (Å²) in [6.07, 6.45) is -0.556. The first-order valence-electron chi connectivity index (χ1n) is 9.85. The van der Waals surface area contributed by atoms with E-state index in [2.05, 4.69) is 15.9 Å². The van der Waals surface area contributed by atoms with E-state index < -0.39 is 11.8 Å². The third-order valence-corrected chi connectivity index (χ3v) is 5.12. The Morgan fingerprint density at radius 1 is 1.03 bits per heavy atom. The molecule has 30 heavy (non-hydrogen) atoms. The van der Waals surface area contributed by atoms with Crippen LogP contribution in [0, 0.1) is 0 Å². The summed E-state index contributed by atoms with van der Waals surface area (Å²) in [6.45, 7) is 4.35. The molecule has 0 radical (unpaired) electrons. The maximum absolute atomic E-state index is 11.7. The first-order chi connectivity index (χ1) is 14.5. The van der Waals surface area contributed by atoms with E-state index in [1.807, 2.05) is 42.5 Å². The molecule has 7 nitrogen and oxygen atoms in total. The maximum Gasteiger partial charge on any atom is 0.413 e. The number of carbonyl (C=O) groups is 1. The Bertz CT molecular complexity index is 841. The average Bonchev–Trinajstić information content (AvgIpc) is 2.75. The number of ether oxygens (including phenoxy) is 3. The number of nitrogens with zero attached hydrogens (tertiary/aromatic N) is 3. The number of methoxy groups -OCH3 is 1. The third kappa shape index (κ3) is 5.70. The fourth-order valence-corrected chi connectivity index (χ4v) is 3.51. The predicted octanol–water partition coefficient (Wildman–Crippen LogP) is 3.62. The van der Waals surface area contributed by atoms with Crippen LogP contribution in [0.15, 0.2) is 48.5 Å². The summed E-state index contributed by atoms with van der Waals surface area (Å²) in [7, 11) is 4.88. The number of amides is 1. The second-order valence-corrected chi connectivity index (χ2v) is 7.57. The summed E-state index contributed by atoms with van der Waals surface area (Å²) in [4.78, 5) is 17.7. The van der Waals surface area contributed by atoms with Gasteiger partial charge in [0.15, 0.2) is 0 Å². The highest BCUT2D eigenvalue weighted by molar-refractivity contribution is 6.19. The van der Waals surface area contributed by atoms with E-state index in [0.29, 0.717) is 5.75 Å². The third-order valence-electron chi connectivity index (χ3n) is 4.94. The van der Waals surface area contributed by atoms with Gasteiger partial charge in [-0.3, -0.25) is 4.90 Å². The molecule has 1 saturated heterocycles. The Hall–Kier alpha value is -2.64.